The van der Waals surface area contributed by atoms with Gasteiger partial charge in [-0.1, -0.05) is 13.5 Å². The van der Waals surface area contributed by atoms with Crippen LogP contribution in [0.2, 0.25) is 0 Å². The number of imidazole rings is 1. The molecule has 0 amide bonds. The van der Waals surface area contributed by atoms with E-state index in [9.17, 15) is 9.59 Å². The highest BCUT2D eigenvalue weighted by Crippen LogP contribution is 1.99. The molecule has 1 rings (SSSR count). The molecular formula is C12H18N2O3. The van der Waals surface area contributed by atoms with Crippen LogP contribution >= 0.6 is 0 Å². The Hall–Kier alpha value is -1.78. The molecular weight excluding hydrogens is 220 g/mol. The molecule has 0 radical (unpaired) electrons. The third-order valence-electron chi connectivity index (χ3n) is 2.31. The number of rotatable bonds is 6. The monoisotopic (exact) mass is 238 g/mol. The van der Waals surface area contributed by atoms with E-state index in [-0.39, 0.29) is 17.8 Å². The number of hydrogen-bond acceptors (Lipinski definition) is 3. The van der Waals surface area contributed by atoms with E-state index in [1.54, 1.807) is 23.9 Å². The van der Waals surface area contributed by atoms with Crippen molar-refractivity contribution in [2.24, 2.45) is 0 Å². The van der Waals surface area contributed by atoms with Gasteiger partial charge in [-0.3, -0.25) is 9.13 Å². The lowest BCUT2D eigenvalue weighted by Gasteiger charge is -2.05. The maximum Gasteiger partial charge on any atom is 0.335 e. The third kappa shape index (κ3) is 3.34. The zero-order valence-corrected chi connectivity index (χ0v) is 10.3. The molecule has 0 aliphatic heterocycles. The lowest BCUT2D eigenvalue weighted by molar-refractivity contribution is -0.138. The molecule has 94 valence electrons. The average Bonchev–Trinajstić information content (AvgIpc) is 2.62. The highest BCUT2D eigenvalue weighted by atomic mass is 16.5. The van der Waals surface area contributed by atoms with Gasteiger partial charge in [0.2, 0.25) is 0 Å². The standard InChI is InChI=1S/C12H18N2O3/c1-4-6-13-7-8-14(12(13)16)9-10(3)11(15)17-5-2/h7-8H,3-6,9H2,1-2H3. The summed E-state index contributed by atoms with van der Waals surface area (Å²) in [6, 6.07) is 0. The minimum Gasteiger partial charge on any atom is -0.463 e. The predicted molar refractivity (Wildman–Crippen MR) is 64.8 cm³/mol. The van der Waals surface area contributed by atoms with Crippen molar-refractivity contribution in [3.8, 4) is 0 Å². The van der Waals surface area contributed by atoms with Crippen LogP contribution in [0.1, 0.15) is 20.3 Å². The van der Waals surface area contributed by atoms with E-state index in [4.69, 9.17) is 4.74 Å². The van der Waals surface area contributed by atoms with Gasteiger partial charge in [-0.2, -0.15) is 0 Å². The number of nitrogens with zero attached hydrogens (tertiary/aromatic N) is 2. The number of aromatic nitrogens is 2. The summed E-state index contributed by atoms with van der Waals surface area (Å²) in [6.45, 7) is 8.52. The van der Waals surface area contributed by atoms with Gasteiger partial charge in [-0.05, 0) is 13.3 Å². The molecule has 1 aromatic rings. The van der Waals surface area contributed by atoms with E-state index >= 15 is 0 Å². The van der Waals surface area contributed by atoms with Crippen LogP contribution in [0.3, 0.4) is 0 Å². The Bertz CT molecular complexity index is 457. The molecule has 0 atom stereocenters. The first-order valence-electron chi connectivity index (χ1n) is 5.70. The van der Waals surface area contributed by atoms with E-state index in [0.717, 1.165) is 6.42 Å². The van der Waals surface area contributed by atoms with Gasteiger partial charge in [0.05, 0.1) is 13.2 Å². The second-order valence-corrected chi connectivity index (χ2v) is 3.73. The van der Waals surface area contributed by atoms with Gasteiger partial charge in [0.15, 0.2) is 0 Å². The SMILES string of the molecule is C=C(Cn1ccn(CCC)c1=O)C(=O)OCC. The molecule has 0 unspecified atom stereocenters. The van der Waals surface area contributed by atoms with Crippen molar-refractivity contribution in [2.45, 2.75) is 33.4 Å². The van der Waals surface area contributed by atoms with Gasteiger partial charge in [0.25, 0.3) is 0 Å². The molecule has 0 saturated heterocycles. The topological polar surface area (TPSA) is 53.2 Å². The first-order valence-corrected chi connectivity index (χ1v) is 5.70. The van der Waals surface area contributed by atoms with Gasteiger partial charge in [-0.25, -0.2) is 9.59 Å². The number of hydrogen-bond donors (Lipinski definition) is 0. The highest BCUT2D eigenvalue weighted by molar-refractivity contribution is 5.87. The molecule has 0 spiro atoms. The van der Waals surface area contributed by atoms with Crippen molar-refractivity contribution in [2.75, 3.05) is 6.61 Å². The summed E-state index contributed by atoms with van der Waals surface area (Å²) in [4.78, 5) is 23.2. The molecule has 0 bridgehead atoms. The summed E-state index contributed by atoms with van der Waals surface area (Å²) in [5.41, 5.74) is 0.153. The van der Waals surface area contributed by atoms with Crippen molar-refractivity contribution in [1.29, 1.82) is 0 Å². The maximum absolute atomic E-state index is 11.8. The minimum absolute atomic E-state index is 0.128. The first kappa shape index (κ1) is 13.3. The van der Waals surface area contributed by atoms with Crippen LogP contribution in [0.25, 0.3) is 0 Å². The lowest BCUT2D eigenvalue weighted by atomic mass is 10.3. The van der Waals surface area contributed by atoms with Crippen molar-refractivity contribution in [3.05, 3.63) is 35.0 Å². The Labute approximate surface area is 100 Å². The van der Waals surface area contributed by atoms with Crippen molar-refractivity contribution >= 4 is 5.97 Å². The Kier molecular flexibility index (Phi) is 4.75. The normalized spacial score (nSPS) is 10.2. The van der Waals surface area contributed by atoms with E-state index in [0.29, 0.717) is 13.2 Å². The molecule has 0 aromatic carbocycles. The van der Waals surface area contributed by atoms with Crippen LogP contribution in [0.5, 0.6) is 0 Å². The Balaban J connectivity index is 2.72. The lowest BCUT2D eigenvalue weighted by Crippen LogP contribution is -2.26. The van der Waals surface area contributed by atoms with Crippen LogP contribution in [0.4, 0.5) is 0 Å². The molecule has 5 nitrogen and oxygen atoms in total. The van der Waals surface area contributed by atoms with Gasteiger partial charge >= 0.3 is 11.7 Å². The Morgan fingerprint density at radius 3 is 2.59 bits per heavy atom. The molecule has 0 aliphatic carbocycles. The second-order valence-electron chi connectivity index (χ2n) is 3.73. The summed E-state index contributed by atoms with van der Waals surface area (Å²) < 4.78 is 7.87. The van der Waals surface area contributed by atoms with Crippen LogP contribution in [0.15, 0.2) is 29.3 Å². The molecule has 1 heterocycles. The number of carbonyl (C=O) groups is 1. The fraction of sp³-hybridized carbons (Fsp3) is 0.500. The molecule has 5 heteroatoms. The summed E-state index contributed by atoms with van der Waals surface area (Å²) in [7, 11) is 0. The smallest absolute Gasteiger partial charge is 0.335 e. The molecule has 1 aromatic heterocycles. The largest absolute Gasteiger partial charge is 0.463 e. The van der Waals surface area contributed by atoms with E-state index < -0.39 is 5.97 Å². The Morgan fingerprint density at radius 2 is 2.00 bits per heavy atom. The quantitative estimate of drug-likeness (QED) is 0.552. The zero-order chi connectivity index (χ0) is 12.8. The van der Waals surface area contributed by atoms with Crippen molar-refractivity contribution < 1.29 is 9.53 Å². The van der Waals surface area contributed by atoms with Crippen molar-refractivity contribution in [1.82, 2.24) is 9.13 Å². The molecule has 0 aliphatic rings. The summed E-state index contributed by atoms with van der Waals surface area (Å²) in [6.07, 6.45) is 4.26. The van der Waals surface area contributed by atoms with Crippen LogP contribution < -0.4 is 5.69 Å². The van der Waals surface area contributed by atoms with Gasteiger partial charge in [0.1, 0.15) is 0 Å². The van der Waals surface area contributed by atoms with Crippen molar-refractivity contribution in [3.63, 3.8) is 0 Å². The van der Waals surface area contributed by atoms with Gasteiger partial charge < -0.3 is 4.74 Å². The maximum atomic E-state index is 11.8. The van der Waals surface area contributed by atoms with E-state index in [2.05, 4.69) is 6.58 Å². The van der Waals surface area contributed by atoms with Crippen LogP contribution in [0, 0.1) is 0 Å². The fourth-order valence-corrected chi connectivity index (χ4v) is 1.49. The summed E-state index contributed by atoms with van der Waals surface area (Å²) >= 11 is 0. The number of ether oxygens (including phenoxy) is 1. The summed E-state index contributed by atoms with van der Waals surface area (Å²) in [5, 5.41) is 0. The molecule has 17 heavy (non-hydrogen) atoms. The van der Waals surface area contributed by atoms with E-state index in [1.807, 2.05) is 6.92 Å². The zero-order valence-electron chi connectivity index (χ0n) is 10.3. The van der Waals surface area contributed by atoms with Gasteiger partial charge in [0, 0.05) is 24.5 Å². The van der Waals surface area contributed by atoms with Crippen LogP contribution in [-0.4, -0.2) is 21.7 Å². The number of carbonyl (C=O) groups excluding carboxylic acids is 1. The second kappa shape index (κ2) is 6.08. The minimum atomic E-state index is -0.456. The molecule has 0 fully saturated rings. The number of aryl methyl sites for hydroxylation is 1. The predicted octanol–water partition coefficient (Wildman–Crippen LogP) is 1.18. The molecule has 0 saturated carbocycles. The van der Waals surface area contributed by atoms with Crippen LogP contribution in [-0.2, 0) is 22.6 Å². The third-order valence-corrected chi connectivity index (χ3v) is 2.31. The average molecular weight is 238 g/mol. The molecule has 0 N–H and O–H groups in total. The Morgan fingerprint density at radius 1 is 1.35 bits per heavy atom. The van der Waals surface area contributed by atoms with Gasteiger partial charge in [-0.15, -0.1) is 0 Å². The number of esters is 1. The first-order chi connectivity index (χ1) is 8.10. The van der Waals surface area contributed by atoms with E-state index in [1.165, 1.54) is 4.57 Å². The summed E-state index contributed by atoms with van der Waals surface area (Å²) in [5.74, 6) is -0.456. The highest BCUT2D eigenvalue weighted by Gasteiger charge is 2.10. The fourth-order valence-electron chi connectivity index (χ4n) is 1.49.